The molecule has 17 heavy (non-hydrogen) atoms. The second-order valence-electron chi connectivity index (χ2n) is 3.91. The van der Waals surface area contributed by atoms with E-state index in [1.165, 1.54) is 12.8 Å². The van der Waals surface area contributed by atoms with Crippen molar-refractivity contribution in [3.63, 3.8) is 0 Å². The molecule has 0 unspecified atom stereocenters. The first-order valence-electron chi connectivity index (χ1n) is 5.99. The third-order valence-electron chi connectivity index (χ3n) is 2.39. The normalized spacial score (nSPS) is 10.2. The molecule has 1 aromatic carbocycles. The second-order valence-corrected chi connectivity index (χ2v) is 4.32. The van der Waals surface area contributed by atoms with Crippen LogP contribution in [-0.4, -0.2) is 19.0 Å². The highest BCUT2D eigenvalue weighted by molar-refractivity contribution is 6.33. The van der Waals surface area contributed by atoms with Gasteiger partial charge >= 0.3 is 0 Å². The van der Waals surface area contributed by atoms with Crippen LogP contribution in [0, 0.1) is 0 Å². The number of hydrogen-bond acceptors (Lipinski definition) is 2. The fourth-order valence-corrected chi connectivity index (χ4v) is 1.64. The molecule has 4 heteroatoms. The summed E-state index contributed by atoms with van der Waals surface area (Å²) in [5.41, 5.74) is 0.662. The van der Waals surface area contributed by atoms with Gasteiger partial charge in [-0.15, -0.1) is 0 Å². The van der Waals surface area contributed by atoms with Crippen molar-refractivity contribution in [3.8, 4) is 0 Å². The molecular formula is C13H19ClN2O. The first-order chi connectivity index (χ1) is 8.24. The van der Waals surface area contributed by atoms with Crippen molar-refractivity contribution in [2.45, 2.75) is 26.2 Å². The molecule has 3 nitrogen and oxygen atoms in total. The number of carbonyl (C=O) groups excluding carboxylic acids is 1. The highest BCUT2D eigenvalue weighted by Crippen LogP contribution is 2.19. The van der Waals surface area contributed by atoms with Gasteiger partial charge in [0, 0.05) is 0 Å². The van der Waals surface area contributed by atoms with E-state index < -0.39 is 0 Å². The van der Waals surface area contributed by atoms with E-state index in [4.69, 9.17) is 11.6 Å². The molecule has 2 N–H and O–H groups in total. The maximum atomic E-state index is 11.6. The first-order valence-corrected chi connectivity index (χ1v) is 6.37. The maximum Gasteiger partial charge on any atom is 0.238 e. The van der Waals surface area contributed by atoms with Crippen LogP contribution in [0.3, 0.4) is 0 Å². The highest BCUT2D eigenvalue weighted by Gasteiger charge is 2.03. The van der Waals surface area contributed by atoms with Gasteiger partial charge in [0.2, 0.25) is 5.91 Å². The van der Waals surface area contributed by atoms with Gasteiger partial charge in [0.05, 0.1) is 17.3 Å². The van der Waals surface area contributed by atoms with Crippen molar-refractivity contribution in [1.82, 2.24) is 5.32 Å². The molecule has 0 heterocycles. The largest absolute Gasteiger partial charge is 0.324 e. The number of carbonyl (C=O) groups is 1. The summed E-state index contributed by atoms with van der Waals surface area (Å²) in [4.78, 5) is 11.6. The Balaban J connectivity index is 2.23. The Bertz CT molecular complexity index is 355. The van der Waals surface area contributed by atoms with Gasteiger partial charge in [0.15, 0.2) is 0 Å². The molecule has 1 amide bonds. The van der Waals surface area contributed by atoms with Crippen LogP contribution in [0.5, 0.6) is 0 Å². The highest BCUT2D eigenvalue weighted by atomic mass is 35.5. The van der Waals surface area contributed by atoms with E-state index in [0.29, 0.717) is 17.3 Å². The number of amides is 1. The molecule has 0 saturated heterocycles. The third kappa shape index (κ3) is 5.71. The minimum Gasteiger partial charge on any atom is -0.324 e. The van der Waals surface area contributed by atoms with Gasteiger partial charge in [0.1, 0.15) is 0 Å². The number of benzene rings is 1. The summed E-state index contributed by atoms with van der Waals surface area (Å²) in [7, 11) is 0. The fraction of sp³-hybridized carbons (Fsp3) is 0.462. The van der Waals surface area contributed by atoms with E-state index in [9.17, 15) is 4.79 Å². The molecule has 0 bridgehead atoms. The minimum atomic E-state index is -0.0606. The summed E-state index contributed by atoms with van der Waals surface area (Å²) >= 11 is 5.94. The van der Waals surface area contributed by atoms with Crippen LogP contribution in [0.4, 0.5) is 5.69 Å². The number of nitrogens with one attached hydrogen (secondary N) is 2. The third-order valence-corrected chi connectivity index (χ3v) is 2.72. The minimum absolute atomic E-state index is 0.0606. The topological polar surface area (TPSA) is 41.1 Å². The standard InChI is InChI=1S/C13H19ClN2O/c1-2-3-6-9-15-10-13(17)16-12-8-5-4-7-11(12)14/h4-5,7-8,15H,2-3,6,9-10H2,1H3,(H,16,17). The number of anilines is 1. The molecule has 0 radical (unpaired) electrons. The summed E-state index contributed by atoms with van der Waals surface area (Å²) in [5, 5.41) is 6.43. The molecule has 0 aliphatic carbocycles. The Morgan fingerprint density at radius 1 is 1.29 bits per heavy atom. The van der Waals surface area contributed by atoms with Crippen LogP contribution < -0.4 is 10.6 Å². The summed E-state index contributed by atoms with van der Waals surface area (Å²) < 4.78 is 0. The van der Waals surface area contributed by atoms with E-state index in [-0.39, 0.29) is 5.91 Å². The van der Waals surface area contributed by atoms with Crippen molar-refractivity contribution in [1.29, 1.82) is 0 Å². The SMILES string of the molecule is CCCCCNCC(=O)Nc1ccccc1Cl. The number of rotatable bonds is 7. The van der Waals surface area contributed by atoms with E-state index in [1.54, 1.807) is 12.1 Å². The lowest BCUT2D eigenvalue weighted by atomic mass is 10.2. The zero-order chi connectivity index (χ0) is 12.5. The van der Waals surface area contributed by atoms with E-state index in [2.05, 4.69) is 17.6 Å². The van der Waals surface area contributed by atoms with Gasteiger partial charge in [-0.2, -0.15) is 0 Å². The average Bonchev–Trinajstić information content (AvgIpc) is 2.32. The predicted octanol–water partition coefficient (Wildman–Crippen LogP) is 3.06. The predicted molar refractivity (Wildman–Crippen MR) is 72.5 cm³/mol. The summed E-state index contributed by atoms with van der Waals surface area (Å²) in [6, 6.07) is 7.22. The van der Waals surface area contributed by atoms with Gasteiger partial charge in [-0.25, -0.2) is 0 Å². The van der Waals surface area contributed by atoms with Crippen molar-refractivity contribution >= 4 is 23.2 Å². The van der Waals surface area contributed by atoms with Gasteiger partial charge < -0.3 is 10.6 Å². The molecule has 0 spiro atoms. The molecule has 0 aliphatic heterocycles. The van der Waals surface area contributed by atoms with E-state index in [1.807, 2.05) is 12.1 Å². The maximum absolute atomic E-state index is 11.6. The van der Waals surface area contributed by atoms with E-state index in [0.717, 1.165) is 13.0 Å². The van der Waals surface area contributed by atoms with Gasteiger partial charge in [-0.3, -0.25) is 4.79 Å². The molecule has 0 fully saturated rings. The number of unbranched alkanes of at least 4 members (excludes halogenated alkanes) is 2. The second kappa shape index (κ2) is 8.09. The molecule has 0 aromatic heterocycles. The summed E-state index contributed by atoms with van der Waals surface area (Å²) in [6.07, 6.45) is 3.49. The first kappa shape index (κ1) is 14.0. The van der Waals surface area contributed by atoms with Crippen molar-refractivity contribution in [3.05, 3.63) is 29.3 Å². The Kier molecular flexibility index (Phi) is 6.67. The van der Waals surface area contributed by atoms with Crippen LogP contribution in [-0.2, 0) is 4.79 Å². The van der Waals surface area contributed by atoms with E-state index >= 15 is 0 Å². The zero-order valence-electron chi connectivity index (χ0n) is 10.1. The van der Waals surface area contributed by atoms with Gasteiger partial charge in [0.25, 0.3) is 0 Å². The number of halogens is 1. The molecule has 94 valence electrons. The lowest BCUT2D eigenvalue weighted by Crippen LogP contribution is -2.28. The molecule has 0 saturated carbocycles. The average molecular weight is 255 g/mol. The van der Waals surface area contributed by atoms with Crippen LogP contribution in [0.2, 0.25) is 5.02 Å². The summed E-state index contributed by atoms with van der Waals surface area (Å²) in [5.74, 6) is -0.0606. The summed E-state index contributed by atoms with van der Waals surface area (Å²) in [6.45, 7) is 3.36. The Labute approximate surface area is 108 Å². The van der Waals surface area contributed by atoms with Gasteiger partial charge in [-0.1, -0.05) is 43.5 Å². The molecule has 0 aliphatic rings. The Morgan fingerprint density at radius 2 is 2.06 bits per heavy atom. The van der Waals surface area contributed by atoms with Crippen LogP contribution in [0.25, 0.3) is 0 Å². The van der Waals surface area contributed by atoms with Crippen LogP contribution in [0.15, 0.2) is 24.3 Å². The molecule has 1 aromatic rings. The lowest BCUT2D eigenvalue weighted by Gasteiger charge is -2.07. The quantitative estimate of drug-likeness (QED) is 0.735. The van der Waals surface area contributed by atoms with Crippen molar-refractivity contribution in [2.75, 3.05) is 18.4 Å². The smallest absolute Gasteiger partial charge is 0.238 e. The molecular weight excluding hydrogens is 236 g/mol. The van der Waals surface area contributed by atoms with Crippen LogP contribution in [0.1, 0.15) is 26.2 Å². The Hall–Kier alpha value is -1.06. The van der Waals surface area contributed by atoms with Crippen molar-refractivity contribution in [2.24, 2.45) is 0 Å². The van der Waals surface area contributed by atoms with Crippen molar-refractivity contribution < 1.29 is 4.79 Å². The monoisotopic (exact) mass is 254 g/mol. The fourth-order valence-electron chi connectivity index (χ4n) is 1.46. The molecule has 0 atom stereocenters. The van der Waals surface area contributed by atoms with Gasteiger partial charge in [-0.05, 0) is 25.1 Å². The number of para-hydroxylation sites is 1. The molecule has 1 rings (SSSR count). The zero-order valence-corrected chi connectivity index (χ0v) is 10.9. The number of hydrogen-bond donors (Lipinski definition) is 2. The lowest BCUT2D eigenvalue weighted by molar-refractivity contribution is -0.115. The Morgan fingerprint density at radius 3 is 2.76 bits per heavy atom. The van der Waals surface area contributed by atoms with Crippen LogP contribution >= 0.6 is 11.6 Å².